The number of pyridine rings is 1. The van der Waals surface area contributed by atoms with E-state index in [1.807, 2.05) is 18.3 Å². The average Bonchev–Trinajstić information content (AvgIpc) is 2.38. The molecular formula is C14H22ClN3. The fraction of sp³-hybridized carbons (Fsp3) is 0.643. The number of piperazine rings is 1. The average molecular weight is 268 g/mol. The molecule has 1 aliphatic rings. The molecule has 0 aliphatic carbocycles. The van der Waals surface area contributed by atoms with Crippen molar-refractivity contribution in [3.05, 3.63) is 23.4 Å². The monoisotopic (exact) mass is 267 g/mol. The van der Waals surface area contributed by atoms with Gasteiger partial charge in [0.1, 0.15) is 5.82 Å². The first-order chi connectivity index (χ1) is 8.66. The van der Waals surface area contributed by atoms with Crippen molar-refractivity contribution in [3.8, 4) is 0 Å². The fourth-order valence-corrected chi connectivity index (χ4v) is 2.48. The molecule has 1 aromatic heterocycles. The van der Waals surface area contributed by atoms with Gasteiger partial charge in [-0.2, -0.15) is 0 Å². The second-order valence-corrected chi connectivity index (χ2v) is 5.73. The smallest absolute Gasteiger partial charge is 0.147 e. The number of aromatic nitrogens is 1. The van der Waals surface area contributed by atoms with Gasteiger partial charge in [0.2, 0.25) is 0 Å². The van der Waals surface area contributed by atoms with Gasteiger partial charge in [0, 0.05) is 32.4 Å². The number of halogens is 1. The van der Waals surface area contributed by atoms with Crippen LogP contribution < -0.4 is 4.90 Å². The predicted octanol–water partition coefficient (Wildman–Crippen LogP) is 2.90. The summed E-state index contributed by atoms with van der Waals surface area (Å²) in [6.45, 7) is 10.0. The molecule has 1 saturated heterocycles. The van der Waals surface area contributed by atoms with Crippen LogP contribution in [0.3, 0.4) is 0 Å². The van der Waals surface area contributed by atoms with Gasteiger partial charge in [0.15, 0.2) is 0 Å². The van der Waals surface area contributed by atoms with Crippen LogP contribution in [0.1, 0.15) is 20.3 Å². The molecule has 0 N–H and O–H groups in total. The molecule has 0 bridgehead atoms. The summed E-state index contributed by atoms with van der Waals surface area (Å²) in [6.07, 6.45) is 3.09. The molecule has 0 saturated carbocycles. The van der Waals surface area contributed by atoms with Crippen molar-refractivity contribution in [1.29, 1.82) is 0 Å². The molecule has 1 aromatic rings. The molecule has 1 aliphatic heterocycles. The van der Waals surface area contributed by atoms with Gasteiger partial charge in [-0.15, -0.1) is 0 Å². The van der Waals surface area contributed by atoms with Crippen molar-refractivity contribution < 1.29 is 0 Å². The minimum Gasteiger partial charge on any atom is -0.353 e. The molecule has 0 spiro atoms. The third-order valence-corrected chi connectivity index (χ3v) is 3.73. The highest BCUT2D eigenvalue weighted by molar-refractivity contribution is 6.32. The topological polar surface area (TPSA) is 19.4 Å². The Morgan fingerprint density at radius 1 is 1.28 bits per heavy atom. The van der Waals surface area contributed by atoms with Gasteiger partial charge in [-0.3, -0.25) is 4.90 Å². The predicted molar refractivity (Wildman–Crippen MR) is 77.4 cm³/mol. The van der Waals surface area contributed by atoms with E-state index in [2.05, 4.69) is 28.6 Å². The van der Waals surface area contributed by atoms with E-state index in [-0.39, 0.29) is 0 Å². The molecular weight excluding hydrogens is 246 g/mol. The van der Waals surface area contributed by atoms with E-state index >= 15 is 0 Å². The largest absolute Gasteiger partial charge is 0.353 e. The third-order valence-electron chi connectivity index (χ3n) is 3.43. The second kappa shape index (κ2) is 6.39. The normalized spacial score (nSPS) is 17.4. The number of rotatable bonds is 4. The van der Waals surface area contributed by atoms with Gasteiger partial charge < -0.3 is 4.90 Å². The third kappa shape index (κ3) is 3.59. The Morgan fingerprint density at radius 2 is 2.00 bits per heavy atom. The van der Waals surface area contributed by atoms with E-state index in [0.717, 1.165) is 42.9 Å². The number of hydrogen-bond acceptors (Lipinski definition) is 3. The first-order valence-electron chi connectivity index (χ1n) is 6.74. The molecule has 2 rings (SSSR count). The minimum atomic E-state index is 0.758. The van der Waals surface area contributed by atoms with Crippen LogP contribution in [0.5, 0.6) is 0 Å². The van der Waals surface area contributed by atoms with Crippen molar-refractivity contribution in [1.82, 2.24) is 9.88 Å². The summed E-state index contributed by atoms with van der Waals surface area (Å²) in [7, 11) is 0. The standard InChI is InChI=1S/C14H22ClN3/c1-12(2)5-7-17-8-10-18(11-9-17)14-13(15)4-3-6-16-14/h3-4,6,12H,5,7-11H2,1-2H3. The zero-order valence-corrected chi connectivity index (χ0v) is 12.0. The molecule has 0 unspecified atom stereocenters. The van der Waals surface area contributed by atoms with Crippen molar-refractivity contribution in [2.45, 2.75) is 20.3 Å². The van der Waals surface area contributed by atoms with Crippen LogP contribution in [0, 0.1) is 5.92 Å². The van der Waals surface area contributed by atoms with Crippen LogP contribution in [0.4, 0.5) is 5.82 Å². The molecule has 3 nitrogen and oxygen atoms in total. The molecule has 100 valence electrons. The Morgan fingerprint density at radius 3 is 2.61 bits per heavy atom. The van der Waals surface area contributed by atoms with Gasteiger partial charge in [0.25, 0.3) is 0 Å². The van der Waals surface area contributed by atoms with Crippen LogP contribution in [-0.4, -0.2) is 42.6 Å². The van der Waals surface area contributed by atoms with E-state index in [1.165, 1.54) is 13.0 Å². The number of hydrogen-bond donors (Lipinski definition) is 0. The van der Waals surface area contributed by atoms with Crippen LogP contribution >= 0.6 is 11.6 Å². The lowest BCUT2D eigenvalue weighted by molar-refractivity contribution is 0.243. The van der Waals surface area contributed by atoms with E-state index < -0.39 is 0 Å². The Balaban J connectivity index is 1.85. The zero-order valence-electron chi connectivity index (χ0n) is 11.3. The number of anilines is 1. The van der Waals surface area contributed by atoms with E-state index in [9.17, 15) is 0 Å². The lowest BCUT2D eigenvalue weighted by Gasteiger charge is -2.35. The maximum Gasteiger partial charge on any atom is 0.147 e. The van der Waals surface area contributed by atoms with Gasteiger partial charge in [0.05, 0.1) is 5.02 Å². The zero-order chi connectivity index (χ0) is 13.0. The van der Waals surface area contributed by atoms with Gasteiger partial charge in [-0.05, 0) is 31.0 Å². The summed E-state index contributed by atoms with van der Waals surface area (Å²) >= 11 is 6.18. The summed E-state index contributed by atoms with van der Waals surface area (Å²) in [4.78, 5) is 9.20. The van der Waals surface area contributed by atoms with E-state index in [0.29, 0.717) is 0 Å². The number of nitrogens with zero attached hydrogens (tertiary/aromatic N) is 3. The van der Waals surface area contributed by atoms with E-state index in [4.69, 9.17) is 11.6 Å². The maximum absolute atomic E-state index is 6.18. The van der Waals surface area contributed by atoms with Gasteiger partial charge in [-0.25, -0.2) is 4.98 Å². The van der Waals surface area contributed by atoms with E-state index in [1.54, 1.807) is 0 Å². The molecule has 18 heavy (non-hydrogen) atoms. The molecule has 0 radical (unpaired) electrons. The Bertz CT molecular complexity index is 373. The lowest BCUT2D eigenvalue weighted by atomic mass is 10.1. The highest BCUT2D eigenvalue weighted by atomic mass is 35.5. The Kier molecular flexibility index (Phi) is 4.84. The molecule has 2 heterocycles. The summed E-state index contributed by atoms with van der Waals surface area (Å²) in [5, 5.41) is 0.758. The summed E-state index contributed by atoms with van der Waals surface area (Å²) in [5.41, 5.74) is 0. The highest BCUT2D eigenvalue weighted by Gasteiger charge is 2.19. The van der Waals surface area contributed by atoms with Crippen LogP contribution in [-0.2, 0) is 0 Å². The fourth-order valence-electron chi connectivity index (χ4n) is 2.23. The van der Waals surface area contributed by atoms with Crippen molar-refractivity contribution >= 4 is 17.4 Å². The first kappa shape index (κ1) is 13.6. The highest BCUT2D eigenvalue weighted by Crippen LogP contribution is 2.23. The van der Waals surface area contributed by atoms with Gasteiger partial charge in [-0.1, -0.05) is 25.4 Å². The lowest BCUT2D eigenvalue weighted by Crippen LogP contribution is -2.47. The van der Waals surface area contributed by atoms with Crippen LogP contribution in [0.25, 0.3) is 0 Å². The molecule has 0 aromatic carbocycles. The first-order valence-corrected chi connectivity index (χ1v) is 7.12. The van der Waals surface area contributed by atoms with Crippen LogP contribution in [0.15, 0.2) is 18.3 Å². The van der Waals surface area contributed by atoms with Crippen molar-refractivity contribution in [3.63, 3.8) is 0 Å². The summed E-state index contributed by atoms with van der Waals surface area (Å²) in [6, 6.07) is 3.79. The minimum absolute atomic E-state index is 0.758. The summed E-state index contributed by atoms with van der Waals surface area (Å²) < 4.78 is 0. The van der Waals surface area contributed by atoms with Gasteiger partial charge >= 0.3 is 0 Å². The maximum atomic E-state index is 6.18. The Hall–Kier alpha value is -0.800. The van der Waals surface area contributed by atoms with Crippen molar-refractivity contribution in [2.75, 3.05) is 37.6 Å². The SMILES string of the molecule is CC(C)CCN1CCN(c2ncccc2Cl)CC1. The quantitative estimate of drug-likeness (QED) is 0.836. The molecule has 1 fully saturated rings. The summed E-state index contributed by atoms with van der Waals surface area (Å²) in [5.74, 6) is 1.72. The molecule has 4 heteroatoms. The van der Waals surface area contributed by atoms with Crippen molar-refractivity contribution in [2.24, 2.45) is 5.92 Å². The second-order valence-electron chi connectivity index (χ2n) is 5.32. The van der Waals surface area contributed by atoms with Crippen LogP contribution in [0.2, 0.25) is 5.02 Å². The molecule has 0 amide bonds. The molecule has 0 atom stereocenters. The Labute approximate surface area is 115 Å².